The van der Waals surface area contributed by atoms with E-state index in [0.717, 1.165) is 0 Å². The third-order valence-electron chi connectivity index (χ3n) is 2.35. The van der Waals surface area contributed by atoms with Gasteiger partial charge in [-0.25, -0.2) is 0 Å². The van der Waals surface area contributed by atoms with Gasteiger partial charge < -0.3 is 15.2 Å². The highest BCUT2D eigenvalue weighted by atomic mass is 19.4. The number of methoxy groups -OCH3 is 1. The summed E-state index contributed by atoms with van der Waals surface area (Å²) in [6, 6.07) is 5.03. The second kappa shape index (κ2) is 6.49. The van der Waals surface area contributed by atoms with Crippen molar-refractivity contribution in [2.45, 2.75) is 25.6 Å². The molecule has 0 saturated heterocycles. The summed E-state index contributed by atoms with van der Waals surface area (Å²) in [6.45, 7) is 0.255. The molecule has 1 aromatic rings. The Morgan fingerprint density at radius 3 is 2.56 bits per heavy atom. The molecule has 0 aliphatic rings. The van der Waals surface area contributed by atoms with Crippen LogP contribution in [-0.2, 0) is 6.54 Å². The van der Waals surface area contributed by atoms with Crippen LogP contribution in [-0.4, -0.2) is 19.9 Å². The maximum atomic E-state index is 11.9. The summed E-state index contributed by atoms with van der Waals surface area (Å²) in [4.78, 5) is 0. The van der Waals surface area contributed by atoms with Crippen molar-refractivity contribution in [2.24, 2.45) is 5.73 Å². The highest BCUT2D eigenvalue weighted by Crippen LogP contribution is 2.25. The summed E-state index contributed by atoms with van der Waals surface area (Å²) in [5, 5.41) is 0. The van der Waals surface area contributed by atoms with E-state index in [1.54, 1.807) is 18.2 Å². The van der Waals surface area contributed by atoms with Gasteiger partial charge in [0, 0.05) is 18.5 Å². The van der Waals surface area contributed by atoms with Crippen LogP contribution >= 0.6 is 0 Å². The lowest BCUT2D eigenvalue weighted by Gasteiger charge is -2.12. The number of halogens is 3. The van der Waals surface area contributed by atoms with Gasteiger partial charge in [-0.05, 0) is 24.6 Å². The van der Waals surface area contributed by atoms with Gasteiger partial charge in [0.15, 0.2) is 0 Å². The zero-order chi connectivity index (χ0) is 13.6. The molecule has 0 spiro atoms. The Bertz CT molecular complexity index is 380. The Kier molecular flexibility index (Phi) is 5.27. The van der Waals surface area contributed by atoms with Gasteiger partial charge in [0.2, 0.25) is 0 Å². The van der Waals surface area contributed by atoms with Crippen LogP contribution in [0.2, 0.25) is 0 Å². The number of nitrogens with two attached hydrogens (primary N) is 1. The standard InChI is InChI=1S/C12H16F3NO2/c1-17-10-3-4-11(9(7-10)8-16)18-6-2-5-12(13,14)15/h3-4,7H,2,5-6,8,16H2,1H3. The first-order valence-electron chi connectivity index (χ1n) is 5.53. The smallest absolute Gasteiger partial charge is 0.389 e. The van der Waals surface area contributed by atoms with Gasteiger partial charge in [-0.15, -0.1) is 0 Å². The molecule has 0 atom stereocenters. The molecule has 0 fully saturated rings. The van der Waals surface area contributed by atoms with Crippen molar-refractivity contribution in [1.29, 1.82) is 0 Å². The van der Waals surface area contributed by atoms with Crippen molar-refractivity contribution in [1.82, 2.24) is 0 Å². The van der Waals surface area contributed by atoms with Crippen molar-refractivity contribution in [2.75, 3.05) is 13.7 Å². The Labute approximate surface area is 104 Å². The summed E-state index contributed by atoms with van der Waals surface area (Å²) in [6.07, 6.45) is -5.05. The molecule has 0 radical (unpaired) electrons. The van der Waals surface area contributed by atoms with E-state index in [1.165, 1.54) is 7.11 Å². The number of rotatable bonds is 6. The fraction of sp³-hybridized carbons (Fsp3) is 0.500. The Balaban J connectivity index is 2.51. The van der Waals surface area contributed by atoms with E-state index < -0.39 is 12.6 Å². The molecule has 1 rings (SSSR count). The Hall–Kier alpha value is -1.43. The lowest BCUT2D eigenvalue weighted by molar-refractivity contribution is -0.136. The van der Waals surface area contributed by atoms with E-state index in [2.05, 4.69) is 0 Å². The molecule has 0 aliphatic heterocycles. The van der Waals surface area contributed by atoms with E-state index in [-0.39, 0.29) is 19.6 Å². The highest BCUT2D eigenvalue weighted by molar-refractivity contribution is 5.40. The minimum atomic E-state index is -4.14. The van der Waals surface area contributed by atoms with Gasteiger partial charge in [-0.2, -0.15) is 13.2 Å². The quantitative estimate of drug-likeness (QED) is 0.803. The number of benzene rings is 1. The minimum Gasteiger partial charge on any atom is -0.497 e. The average molecular weight is 263 g/mol. The second-order valence-corrected chi connectivity index (χ2v) is 3.74. The first-order valence-corrected chi connectivity index (χ1v) is 5.53. The zero-order valence-electron chi connectivity index (χ0n) is 10.1. The first kappa shape index (κ1) is 14.6. The van der Waals surface area contributed by atoms with Crippen LogP contribution in [0.25, 0.3) is 0 Å². The molecular formula is C12H16F3NO2. The molecule has 0 bridgehead atoms. The topological polar surface area (TPSA) is 44.5 Å². The Morgan fingerprint density at radius 1 is 1.28 bits per heavy atom. The lowest BCUT2D eigenvalue weighted by Crippen LogP contribution is -2.10. The molecule has 1 aromatic carbocycles. The van der Waals surface area contributed by atoms with Crippen LogP contribution in [0.1, 0.15) is 18.4 Å². The predicted octanol–water partition coefficient (Wildman–Crippen LogP) is 2.88. The molecule has 6 heteroatoms. The summed E-state index contributed by atoms with van der Waals surface area (Å²) in [5.74, 6) is 1.14. The van der Waals surface area contributed by atoms with Crippen LogP contribution < -0.4 is 15.2 Å². The molecule has 3 nitrogen and oxygen atoms in total. The SMILES string of the molecule is COc1ccc(OCCCC(F)(F)F)c(CN)c1. The summed E-state index contributed by atoms with van der Waals surface area (Å²) in [5.41, 5.74) is 6.24. The minimum absolute atomic E-state index is 0.0127. The fourth-order valence-electron chi connectivity index (χ4n) is 1.44. The van der Waals surface area contributed by atoms with Gasteiger partial charge in [0.1, 0.15) is 11.5 Å². The number of hydrogen-bond acceptors (Lipinski definition) is 3. The zero-order valence-corrected chi connectivity index (χ0v) is 10.1. The molecule has 0 heterocycles. The van der Waals surface area contributed by atoms with Crippen molar-refractivity contribution >= 4 is 0 Å². The summed E-state index contributed by atoms with van der Waals surface area (Å²) >= 11 is 0. The predicted molar refractivity (Wildman–Crippen MR) is 61.7 cm³/mol. The third kappa shape index (κ3) is 4.83. The number of hydrogen-bond donors (Lipinski definition) is 1. The van der Waals surface area contributed by atoms with Crippen LogP contribution in [0.15, 0.2) is 18.2 Å². The molecule has 0 unspecified atom stereocenters. The summed E-state index contributed by atoms with van der Waals surface area (Å²) in [7, 11) is 1.53. The number of ether oxygens (including phenoxy) is 2. The van der Waals surface area contributed by atoms with Crippen LogP contribution in [0.4, 0.5) is 13.2 Å². The normalized spacial score (nSPS) is 11.4. The van der Waals surface area contributed by atoms with E-state index in [0.29, 0.717) is 17.1 Å². The summed E-state index contributed by atoms with van der Waals surface area (Å²) < 4.78 is 46.1. The van der Waals surface area contributed by atoms with Crippen molar-refractivity contribution in [3.05, 3.63) is 23.8 Å². The van der Waals surface area contributed by atoms with Gasteiger partial charge in [-0.3, -0.25) is 0 Å². The van der Waals surface area contributed by atoms with Gasteiger partial charge >= 0.3 is 6.18 Å². The number of alkyl halides is 3. The molecule has 2 N–H and O–H groups in total. The molecule has 102 valence electrons. The van der Waals surface area contributed by atoms with E-state index in [4.69, 9.17) is 15.2 Å². The largest absolute Gasteiger partial charge is 0.497 e. The first-order chi connectivity index (χ1) is 8.46. The average Bonchev–Trinajstić information content (AvgIpc) is 2.33. The van der Waals surface area contributed by atoms with Crippen molar-refractivity contribution in [3.63, 3.8) is 0 Å². The maximum absolute atomic E-state index is 11.9. The highest BCUT2D eigenvalue weighted by Gasteiger charge is 2.26. The van der Waals surface area contributed by atoms with E-state index in [1.807, 2.05) is 0 Å². The van der Waals surface area contributed by atoms with Gasteiger partial charge in [-0.1, -0.05) is 0 Å². The van der Waals surface area contributed by atoms with Crippen LogP contribution in [0, 0.1) is 0 Å². The molecule has 18 heavy (non-hydrogen) atoms. The Morgan fingerprint density at radius 2 is 2.00 bits per heavy atom. The monoisotopic (exact) mass is 263 g/mol. The lowest BCUT2D eigenvalue weighted by atomic mass is 10.2. The molecule has 0 aromatic heterocycles. The van der Waals surface area contributed by atoms with Crippen molar-refractivity contribution in [3.8, 4) is 11.5 Å². The maximum Gasteiger partial charge on any atom is 0.389 e. The van der Waals surface area contributed by atoms with Gasteiger partial charge in [0.25, 0.3) is 0 Å². The molecule has 0 amide bonds. The molecule has 0 aliphatic carbocycles. The van der Waals surface area contributed by atoms with E-state index in [9.17, 15) is 13.2 Å². The molecule has 0 saturated carbocycles. The fourth-order valence-corrected chi connectivity index (χ4v) is 1.44. The third-order valence-corrected chi connectivity index (χ3v) is 2.35. The van der Waals surface area contributed by atoms with E-state index >= 15 is 0 Å². The van der Waals surface area contributed by atoms with Crippen LogP contribution in [0.3, 0.4) is 0 Å². The second-order valence-electron chi connectivity index (χ2n) is 3.74. The van der Waals surface area contributed by atoms with Crippen LogP contribution in [0.5, 0.6) is 11.5 Å². The van der Waals surface area contributed by atoms with Gasteiger partial charge in [0.05, 0.1) is 13.7 Å². The van der Waals surface area contributed by atoms with Crippen molar-refractivity contribution < 1.29 is 22.6 Å². The molecular weight excluding hydrogens is 247 g/mol.